The van der Waals surface area contributed by atoms with Gasteiger partial charge in [0, 0.05) is 12.8 Å². The Bertz CT molecular complexity index is 793. The number of hydrogen-bond acceptors (Lipinski definition) is 5. The molecule has 0 radical (unpaired) electrons. The van der Waals surface area contributed by atoms with Crippen molar-refractivity contribution in [3.8, 4) is 11.5 Å². The molecule has 0 amide bonds. The lowest BCUT2D eigenvalue weighted by Crippen LogP contribution is -2.35. The van der Waals surface area contributed by atoms with Crippen molar-refractivity contribution >= 4 is 5.97 Å². The summed E-state index contributed by atoms with van der Waals surface area (Å²) in [7, 11) is 0. The quantitative estimate of drug-likeness (QED) is 0.497. The van der Waals surface area contributed by atoms with Crippen molar-refractivity contribution in [2.45, 2.75) is 39.5 Å². The largest absolute Gasteiger partial charge is 0.504 e. The predicted octanol–water partition coefficient (Wildman–Crippen LogP) is 4.94. The molecular weight excluding hydrogens is 360 g/mol. The van der Waals surface area contributed by atoms with Crippen molar-refractivity contribution in [2.24, 2.45) is 5.41 Å². The van der Waals surface area contributed by atoms with E-state index < -0.39 is 11.4 Å². The summed E-state index contributed by atoms with van der Waals surface area (Å²) < 4.78 is 10.6. The Kier molecular flexibility index (Phi) is 7.32. The maximum absolute atomic E-state index is 11.8. The Labute approximate surface area is 164 Å². The first-order chi connectivity index (χ1) is 13.4. The summed E-state index contributed by atoms with van der Waals surface area (Å²) in [6.45, 7) is 3.72. The van der Waals surface area contributed by atoms with E-state index in [1.54, 1.807) is 43.7 Å². The van der Waals surface area contributed by atoms with Gasteiger partial charge < -0.3 is 24.2 Å². The van der Waals surface area contributed by atoms with E-state index in [1.165, 1.54) is 6.07 Å². The van der Waals surface area contributed by atoms with E-state index in [4.69, 9.17) is 19.0 Å². The lowest BCUT2D eigenvalue weighted by Gasteiger charge is -2.27. The Hall–Kier alpha value is -3.15. The molecule has 28 heavy (non-hydrogen) atoms. The van der Waals surface area contributed by atoms with Gasteiger partial charge in [0.15, 0.2) is 11.5 Å². The second kappa shape index (κ2) is 9.69. The molecule has 3 aromatic rings. The van der Waals surface area contributed by atoms with Crippen LogP contribution in [-0.2, 0) is 17.6 Å². The van der Waals surface area contributed by atoms with Gasteiger partial charge in [0.1, 0.15) is 11.5 Å². The van der Waals surface area contributed by atoms with Crippen molar-refractivity contribution in [3.63, 3.8) is 0 Å². The van der Waals surface area contributed by atoms with Crippen LogP contribution in [-0.4, -0.2) is 21.3 Å². The van der Waals surface area contributed by atoms with Crippen molar-refractivity contribution in [2.75, 3.05) is 0 Å². The van der Waals surface area contributed by atoms with E-state index in [-0.39, 0.29) is 11.5 Å². The minimum absolute atomic E-state index is 0.0301. The van der Waals surface area contributed by atoms with Crippen LogP contribution in [0.3, 0.4) is 0 Å². The zero-order chi connectivity index (χ0) is 20.6. The standard InChI is InChI=1S/C15H18O4.C7H8O2/c1-2-7-15(14(16)17,10-12-5-3-8-18-12)11-13-6-4-9-19-13;1-5-3-2-4-6(8)7(5)9/h3-6,8-9H,2,7,10-11H2,1H3,(H,16,17);2-4,8-9H,1H3. The molecule has 0 fully saturated rings. The fourth-order valence-electron chi connectivity index (χ4n) is 3.11. The molecule has 1 aromatic carbocycles. The highest BCUT2D eigenvalue weighted by atomic mass is 16.4. The van der Waals surface area contributed by atoms with E-state index >= 15 is 0 Å². The maximum Gasteiger partial charge on any atom is 0.310 e. The van der Waals surface area contributed by atoms with Gasteiger partial charge in [-0.2, -0.15) is 0 Å². The average molecular weight is 386 g/mol. The molecule has 0 saturated heterocycles. The van der Waals surface area contributed by atoms with E-state index in [0.717, 1.165) is 6.42 Å². The van der Waals surface area contributed by atoms with Crippen molar-refractivity contribution in [1.29, 1.82) is 0 Å². The normalized spacial score (nSPS) is 10.9. The first kappa shape index (κ1) is 21.2. The number of aliphatic carboxylic acids is 1. The number of rotatable bonds is 7. The Morgan fingerprint density at radius 2 is 1.54 bits per heavy atom. The zero-order valence-electron chi connectivity index (χ0n) is 16.1. The third kappa shape index (κ3) is 5.42. The lowest BCUT2D eigenvalue weighted by atomic mass is 9.76. The van der Waals surface area contributed by atoms with E-state index in [1.807, 2.05) is 19.1 Å². The maximum atomic E-state index is 11.8. The van der Waals surface area contributed by atoms with E-state index in [9.17, 15) is 9.90 Å². The molecule has 0 saturated carbocycles. The molecule has 6 nitrogen and oxygen atoms in total. The Balaban J connectivity index is 0.000000261. The molecule has 0 spiro atoms. The first-order valence-corrected chi connectivity index (χ1v) is 9.13. The number of furan rings is 2. The molecule has 2 aromatic heterocycles. The molecule has 0 bridgehead atoms. The average Bonchev–Trinajstić information content (AvgIpc) is 3.34. The van der Waals surface area contributed by atoms with Crippen LogP contribution < -0.4 is 0 Å². The van der Waals surface area contributed by atoms with Gasteiger partial charge in [-0.3, -0.25) is 4.79 Å². The smallest absolute Gasteiger partial charge is 0.310 e. The summed E-state index contributed by atoms with van der Waals surface area (Å²) in [6, 6.07) is 12.0. The van der Waals surface area contributed by atoms with Crippen LogP contribution >= 0.6 is 0 Å². The van der Waals surface area contributed by atoms with Gasteiger partial charge in [-0.1, -0.05) is 25.5 Å². The van der Waals surface area contributed by atoms with Crippen LogP contribution in [0.15, 0.2) is 63.8 Å². The molecule has 150 valence electrons. The van der Waals surface area contributed by atoms with Crippen LogP contribution in [0.1, 0.15) is 36.8 Å². The van der Waals surface area contributed by atoms with Gasteiger partial charge in [0.2, 0.25) is 0 Å². The van der Waals surface area contributed by atoms with Crippen molar-refractivity contribution in [3.05, 3.63) is 72.1 Å². The van der Waals surface area contributed by atoms with Crippen LogP contribution in [0.4, 0.5) is 0 Å². The second-order valence-electron chi connectivity index (χ2n) is 6.79. The highest BCUT2D eigenvalue weighted by Crippen LogP contribution is 2.34. The summed E-state index contributed by atoms with van der Waals surface area (Å²) >= 11 is 0. The molecule has 3 rings (SSSR count). The molecule has 2 heterocycles. The summed E-state index contributed by atoms with van der Waals surface area (Å²) in [5, 5.41) is 27.5. The second-order valence-corrected chi connectivity index (χ2v) is 6.79. The van der Waals surface area contributed by atoms with Crippen molar-refractivity contribution < 1.29 is 28.9 Å². The number of carboxylic acid groups (broad SMARTS) is 1. The van der Waals surface area contributed by atoms with Crippen LogP contribution in [0.25, 0.3) is 0 Å². The molecule has 3 N–H and O–H groups in total. The Morgan fingerprint density at radius 1 is 0.964 bits per heavy atom. The minimum atomic E-state index is -0.871. The molecule has 0 atom stereocenters. The predicted molar refractivity (Wildman–Crippen MR) is 104 cm³/mol. The lowest BCUT2D eigenvalue weighted by molar-refractivity contribution is -0.150. The van der Waals surface area contributed by atoms with Gasteiger partial charge in [0.05, 0.1) is 17.9 Å². The number of carbonyl (C=O) groups is 1. The van der Waals surface area contributed by atoms with Crippen LogP contribution in [0.5, 0.6) is 11.5 Å². The van der Waals surface area contributed by atoms with Gasteiger partial charge >= 0.3 is 5.97 Å². The number of benzene rings is 1. The van der Waals surface area contributed by atoms with Crippen molar-refractivity contribution in [1.82, 2.24) is 0 Å². The third-order valence-corrected chi connectivity index (χ3v) is 4.58. The van der Waals surface area contributed by atoms with Gasteiger partial charge in [-0.15, -0.1) is 0 Å². The summed E-state index contributed by atoms with van der Waals surface area (Å²) in [5.74, 6) is 0.500. The molecule has 0 aliphatic heterocycles. The number of carboxylic acids is 1. The monoisotopic (exact) mass is 386 g/mol. The number of aryl methyl sites for hydroxylation is 1. The number of para-hydroxylation sites is 1. The van der Waals surface area contributed by atoms with Gasteiger partial charge in [-0.05, 0) is 49.2 Å². The number of hydrogen-bond donors (Lipinski definition) is 3. The number of aromatic hydroxyl groups is 2. The molecule has 6 heteroatoms. The summed E-state index contributed by atoms with van der Waals surface area (Å²) in [5.41, 5.74) is -0.181. The number of phenols is 2. The molecule has 0 aliphatic carbocycles. The van der Waals surface area contributed by atoms with Crippen LogP contribution in [0.2, 0.25) is 0 Å². The zero-order valence-corrected chi connectivity index (χ0v) is 16.1. The minimum Gasteiger partial charge on any atom is -0.504 e. The van der Waals surface area contributed by atoms with Gasteiger partial charge in [-0.25, -0.2) is 0 Å². The molecular formula is C22H26O6. The first-order valence-electron chi connectivity index (χ1n) is 9.13. The highest BCUT2D eigenvalue weighted by molar-refractivity contribution is 5.75. The fourth-order valence-corrected chi connectivity index (χ4v) is 3.11. The third-order valence-electron chi connectivity index (χ3n) is 4.58. The van der Waals surface area contributed by atoms with Crippen LogP contribution in [0, 0.1) is 12.3 Å². The highest BCUT2D eigenvalue weighted by Gasteiger charge is 2.39. The van der Waals surface area contributed by atoms with E-state index in [2.05, 4.69) is 0 Å². The summed E-state index contributed by atoms with van der Waals surface area (Å²) in [4.78, 5) is 11.8. The topological polar surface area (TPSA) is 104 Å². The summed E-state index contributed by atoms with van der Waals surface area (Å²) in [6.07, 6.45) is 5.28. The molecule has 0 unspecified atom stereocenters. The van der Waals surface area contributed by atoms with E-state index in [0.29, 0.717) is 36.3 Å². The Morgan fingerprint density at radius 3 is 1.89 bits per heavy atom. The SMILES string of the molecule is CCCC(Cc1ccco1)(Cc1ccco1)C(=O)O.Cc1cccc(O)c1O. The number of phenolic OH excluding ortho intramolecular Hbond substituents is 2. The molecule has 0 aliphatic rings. The van der Waals surface area contributed by atoms with Gasteiger partial charge in [0.25, 0.3) is 0 Å². The fraction of sp³-hybridized carbons (Fsp3) is 0.318.